The minimum absolute atomic E-state index is 0.00759. The van der Waals surface area contributed by atoms with Gasteiger partial charge in [0.05, 0.1) is 19.6 Å². The molecule has 1 rings (SSSR count). The Morgan fingerprint density at radius 2 is 1.82 bits per heavy atom. The third-order valence-corrected chi connectivity index (χ3v) is 3.01. The molecule has 0 aliphatic rings. The molecule has 0 saturated heterocycles. The molecule has 1 aromatic carbocycles. The maximum absolute atomic E-state index is 11.5. The number of para-hydroxylation sites is 1. The van der Waals surface area contributed by atoms with E-state index in [0.717, 1.165) is 11.3 Å². The number of benzene rings is 1. The molecule has 0 aliphatic heterocycles. The molecule has 6 heteroatoms. The van der Waals surface area contributed by atoms with E-state index in [1.54, 1.807) is 0 Å². The van der Waals surface area contributed by atoms with Crippen molar-refractivity contribution in [3.8, 4) is 5.75 Å². The lowest BCUT2D eigenvalue weighted by Gasteiger charge is -2.22. The molecule has 0 fully saturated rings. The van der Waals surface area contributed by atoms with E-state index in [4.69, 9.17) is 10.5 Å². The molecule has 122 valence electrons. The molecule has 6 nitrogen and oxygen atoms in total. The maximum Gasteiger partial charge on any atom is 0.239 e. The second-order valence-corrected chi connectivity index (χ2v) is 5.93. The van der Waals surface area contributed by atoms with Gasteiger partial charge in [0.25, 0.3) is 0 Å². The Bertz CT molecular complexity index is 510. The maximum atomic E-state index is 11.5. The molecule has 0 bridgehead atoms. The highest BCUT2D eigenvalue weighted by atomic mass is 16.5. The van der Waals surface area contributed by atoms with Gasteiger partial charge in [0, 0.05) is 0 Å². The summed E-state index contributed by atoms with van der Waals surface area (Å²) in [5, 5.41) is 5.07. The number of hydrogen-bond donors (Lipinski definition) is 3. The molecule has 0 unspecified atom stereocenters. The van der Waals surface area contributed by atoms with Crippen LogP contribution in [0.1, 0.15) is 26.3 Å². The Hall–Kier alpha value is -2.08. The lowest BCUT2D eigenvalue weighted by Crippen LogP contribution is -2.40. The standard InChI is InChI=1S/C16H25N3O3/c1-16(2,3)12-6-4-5-7-13(12)22-9-8-18-15(21)11-19-14(20)10-17/h4-7H,8-11,17H2,1-3H3,(H,18,21)(H,19,20). The molecule has 0 atom stereocenters. The summed E-state index contributed by atoms with van der Waals surface area (Å²) in [6, 6.07) is 7.86. The SMILES string of the molecule is CC(C)(C)c1ccccc1OCCNC(=O)CNC(=O)CN. The summed E-state index contributed by atoms with van der Waals surface area (Å²) in [6.45, 7) is 6.90. The van der Waals surface area contributed by atoms with Gasteiger partial charge in [-0.15, -0.1) is 0 Å². The molecule has 0 aliphatic carbocycles. The highest BCUT2D eigenvalue weighted by Gasteiger charge is 2.18. The van der Waals surface area contributed by atoms with Crippen molar-refractivity contribution >= 4 is 11.8 Å². The van der Waals surface area contributed by atoms with Crippen molar-refractivity contribution in [2.75, 3.05) is 26.2 Å². The normalized spacial score (nSPS) is 10.9. The molecule has 1 aromatic rings. The number of nitrogens with one attached hydrogen (secondary N) is 2. The van der Waals surface area contributed by atoms with Crippen LogP contribution < -0.4 is 21.1 Å². The van der Waals surface area contributed by atoms with E-state index in [-0.39, 0.29) is 30.3 Å². The van der Waals surface area contributed by atoms with Gasteiger partial charge in [-0.1, -0.05) is 39.0 Å². The molecule has 0 saturated carbocycles. The molecule has 0 spiro atoms. The van der Waals surface area contributed by atoms with Crippen LogP contribution in [0, 0.1) is 0 Å². The first kappa shape index (κ1) is 18.0. The van der Waals surface area contributed by atoms with Crippen LogP contribution in [0.25, 0.3) is 0 Å². The summed E-state index contributed by atoms with van der Waals surface area (Å²) in [5.74, 6) is 0.195. The Kier molecular flexibility index (Phi) is 6.85. The Morgan fingerprint density at radius 3 is 2.45 bits per heavy atom. The molecule has 4 N–H and O–H groups in total. The van der Waals surface area contributed by atoms with Crippen molar-refractivity contribution < 1.29 is 14.3 Å². The smallest absolute Gasteiger partial charge is 0.239 e. The van der Waals surface area contributed by atoms with Gasteiger partial charge < -0.3 is 21.1 Å². The van der Waals surface area contributed by atoms with E-state index in [9.17, 15) is 9.59 Å². The summed E-state index contributed by atoms with van der Waals surface area (Å²) in [5.41, 5.74) is 6.24. The van der Waals surface area contributed by atoms with Crippen molar-refractivity contribution in [1.29, 1.82) is 0 Å². The molecular weight excluding hydrogens is 282 g/mol. The van der Waals surface area contributed by atoms with Crippen LogP contribution in [0.2, 0.25) is 0 Å². The summed E-state index contributed by atoms with van der Waals surface area (Å²) < 4.78 is 5.74. The van der Waals surface area contributed by atoms with Crippen LogP contribution in [-0.2, 0) is 15.0 Å². The van der Waals surface area contributed by atoms with Crippen molar-refractivity contribution in [3.05, 3.63) is 29.8 Å². The van der Waals surface area contributed by atoms with Crippen LogP contribution in [-0.4, -0.2) is 38.1 Å². The van der Waals surface area contributed by atoms with Crippen molar-refractivity contribution in [3.63, 3.8) is 0 Å². The number of rotatable bonds is 7. The Balaban J connectivity index is 2.37. The minimum Gasteiger partial charge on any atom is -0.491 e. The first-order valence-corrected chi connectivity index (χ1v) is 7.30. The van der Waals surface area contributed by atoms with Gasteiger partial charge in [-0.25, -0.2) is 0 Å². The molecule has 0 radical (unpaired) electrons. The van der Waals surface area contributed by atoms with Crippen LogP contribution in [0.3, 0.4) is 0 Å². The molecule has 0 heterocycles. The third-order valence-electron chi connectivity index (χ3n) is 3.01. The number of carbonyl (C=O) groups is 2. The summed E-state index contributed by atoms with van der Waals surface area (Å²) in [4.78, 5) is 22.4. The zero-order chi connectivity index (χ0) is 16.6. The Labute approximate surface area is 131 Å². The van der Waals surface area contributed by atoms with Gasteiger partial charge >= 0.3 is 0 Å². The van der Waals surface area contributed by atoms with Gasteiger partial charge in [-0.05, 0) is 17.0 Å². The number of amides is 2. The largest absolute Gasteiger partial charge is 0.491 e. The quantitative estimate of drug-likeness (QED) is 0.641. The number of nitrogens with two attached hydrogens (primary N) is 1. The van der Waals surface area contributed by atoms with E-state index >= 15 is 0 Å². The summed E-state index contributed by atoms with van der Waals surface area (Å²) >= 11 is 0. The zero-order valence-electron chi connectivity index (χ0n) is 13.4. The minimum atomic E-state index is -0.356. The van der Waals surface area contributed by atoms with E-state index in [0.29, 0.717) is 13.2 Å². The van der Waals surface area contributed by atoms with Gasteiger partial charge in [0.15, 0.2) is 0 Å². The van der Waals surface area contributed by atoms with Crippen LogP contribution >= 0.6 is 0 Å². The monoisotopic (exact) mass is 307 g/mol. The first-order chi connectivity index (χ1) is 10.3. The highest BCUT2D eigenvalue weighted by Crippen LogP contribution is 2.30. The average Bonchev–Trinajstić information content (AvgIpc) is 2.48. The highest BCUT2D eigenvalue weighted by molar-refractivity contribution is 5.85. The van der Waals surface area contributed by atoms with Crippen molar-refractivity contribution in [2.45, 2.75) is 26.2 Å². The van der Waals surface area contributed by atoms with E-state index in [1.165, 1.54) is 0 Å². The first-order valence-electron chi connectivity index (χ1n) is 7.30. The molecule has 2 amide bonds. The third kappa shape index (κ3) is 6.13. The van der Waals surface area contributed by atoms with Crippen LogP contribution in [0.4, 0.5) is 0 Å². The van der Waals surface area contributed by atoms with Crippen molar-refractivity contribution in [2.24, 2.45) is 5.73 Å². The second kappa shape index (κ2) is 8.38. The fourth-order valence-corrected chi connectivity index (χ4v) is 1.88. The molecule has 0 aromatic heterocycles. The number of carbonyl (C=O) groups excluding carboxylic acids is 2. The van der Waals surface area contributed by atoms with Gasteiger partial charge in [0.1, 0.15) is 12.4 Å². The number of hydrogen-bond acceptors (Lipinski definition) is 4. The fraction of sp³-hybridized carbons (Fsp3) is 0.500. The second-order valence-electron chi connectivity index (χ2n) is 5.93. The summed E-state index contributed by atoms with van der Waals surface area (Å²) in [7, 11) is 0. The predicted octanol–water partition coefficient (Wildman–Crippen LogP) is 0.554. The van der Waals surface area contributed by atoms with Crippen LogP contribution in [0.5, 0.6) is 5.75 Å². The van der Waals surface area contributed by atoms with Crippen molar-refractivity contribution in [1.82, 2.24) is 10.6 Å². The zero-order valence-corrected chi connectivity index (χ0v) is 13.4. The summed E-state index contributed by atoms with van der Waals surface area (Å²) in [6.07, 6.45) is 0. The topological polar surface area (TPSA) is 93.5 Å². The molecular formula is C16H25N3O3. The molecule has 22 heavy (non-hydrogen) atoms. The average molecular weight is 307 g/mol. The van der Waals surface area contributed by atoms with E-state index in [2.05, 4.69) is 31.4 Å². The fourth-order valence-electron chi connectivity index (χ4n) is 1.88. The van der Waals surface area contributed by atoms with Gasteiger partial charge in [0.2, 0.25) is 11.8 Å². The number of ether oxygens (including phenoxy) is 1. The van der Waals surface area contributed by atoms with E-state index in [1.807, 2.05) is 24.3 Å². The predicted molar refractivity (Wildman–Crippen MR) is 85.7 cm³/mol. The Morgan fingerprint density at radius 1 is 1.14 bits per heavy atom. The van der Waals surface area contributed by atoms with Gasteiger partial charge in [-0.2, -0.15) is 0 Å². The van der Waals surface area contributed by atoms with Gasteiger partial charge in [-0.3, -0.25) is 9.59 Å². The lowest BCUT2D eigenvalue weighted by molar-refractivity contribution is -0.125. The van der Waals surface area contributed by atoms with E-state index < -0.39 is 0 Å². The van der Waals surface area contributed by atoms with Crippen LogP contribution in [0.15, 0.2) is 24.3 Å². The lowest BCUT2D eigenvalue weighted by atomic mass is 9.86.